The third-order valence-electron chi connectivity index (χ3n) is 5.41. The molecular weight excluding hydrogens is 380 g/mol. The number of anilines is 3. The lowest BCUT2D eigenvalue weighted by Gasteiger charge is -2.37. The number of hydrogen-bond acceptors (Lipinski definition) is 8. The van der Waals surface area contributed by atoms with Gasteiger partial charge in [-0.15, -0.1) is 5.10 Å². The van der Waals surface area contributed by atoms with Crippen molar-refractivity contribution in [2.75, 3.05) is 48.8 Å². The van der Waals surface area contributed by atoms with E-state index in [9.17, 15) is 0 Å². The van der Waals surface area contributed by atoms with E-state index >= 15 is 0 Å². The highest BCUT2D eigenvalue weighted by Gasteiger charge is 2.23. The fourth-order valence-electron chi connectivity index (χ4n) is 3.79. The Balaban J connectivity index is 1.37. The monoisotopic (exact) mass is 402 g/mol. The minimum atomic E-state index is 0.506. The predicted molar refractivity (Wildman–Crippen MR) is 116 cm³/mol. The lowest BCUT2D eigenvalue weighted by molar-refractivity contribution is 0.415. The van der Waals surface area contributed by atoms with Gasteiger partial charge in [0.25, 0.3) is 0 Å². The number of nitrogens with zero attached hydrogens (tertiary/aromatic N) is 7. The van der Waals surface area contributed by atoms with Gasteiger partial charge in [0.05, 0.1) is 12.6 Å². The average Bonchev–Trinajstić information content (AvgIpc) is 3.23. The van der Waals surface area contributed by atoms with E-state index in [1.165, 1.54) is 12.0 Å². The van der Waals surface area contributed by atoms with Gasteiger partial charge in [-0.05, 0) is 36.4 Å². The standard InChI is InChI=1S/C21H22N8O/c1-30-16-8-6-15(7-9-16)27-10-12-28(13-11-27)20-19(22)21(24-14-23-20)29-18-5-3-2-4-17(18)25-26-29/h2-9,14H,10-13,22H2,1H3. The molecule has 2 N–H and O–H groups in total. The van der Waals surface area contributed by atoms with Crippen molar-refractivity contribution in [3.8, 4) is 11.6 Å². The van der Waals surface area contributed by atoms with Crippen LogP contribution in [0.1, 0.15) is 0 Å². The molecule has 0 spiro atoms. The number of hydrogen-bond donors (Lipinski definition) is 1. The third-order valence-corrected chi connectivity index (χ3v) is 5.41. The second-order valence-corrected chi connectivity index (χ2v) is 7.10. The van der Waals surface area contributed by atoms with E-state index in [0.29, 0.717) is 11.5 Å². The molecule has 0 aliphatic carbocycles. The Labute approximate surface area is 173 Å². The van der Waals surface area contributed by atoms with Gasteiger partial charge >= 0.3 is 0 Å². The Kier molecular flexibility index (Phi) is 4.55. The lowest BCUT2D eigenvalue weighted by atomic mass is 10.2. The van der Waals surface area contributed by atoms with Crippen LogP contribution in [0, 0.1) is 0 Å². The van der Waals surface area contributed by atoms with Crippen molar-refractivity contribution in [1.29, 1.82) is 0 Å². The molecule has 152 valence electrons. The molecule has 5 rings (SSSR count). The van der Waals surface area contributed by atoms with Gasteiger partial charge < -0.3 is 20.3 Å². The molecule has 1 aliphatic heterocycles. The van der Waals surface area contributed by atoms with E-state index in [4.69, 9.17) is 10.5 Å². The van der Waals surface area contributed by atoms with Crippen molar-refractivity contribution >= 4 is 28.2 Å². The molecule has 0 amide bonds. The Morgan fingerprint density at radius 2 is 1.57 bits per heavy atom. The Morgan fingerprint density at radius 1 is 0.867 bits per heavy atom. The van der Waals surface area contributed by atoms with Gasteiger partial charge in [-0.3, -0.25) is 0 Å². The van der Waals surface area contributed by atoms with Crippen LogP contribution in [-0.2, 0) is 0 Å². The summed E-state index contributed by atoms with van der Waals surface area (Å²) in [7, 11) is 1.68. The summed E-state index contributed by atoms with van der Waals surface area (Å²) in [6.07, 6.45) is 1.54. The lowest BCUT2D eigenvalue weighted by Crippen LogP contribution is -2.47. The van der Waals surface area contributed by atoms with Gasteiger partial charge in [0.1, 0.15) is 23.3 Å². The highest BCUT2D eigenvalue weighted by Crippen LogP contribution is 2.28. The van der Waals surface area contributed by atoms with Crippen LogP contribution in [0.15, 0.2) is 54.9 Å². The van der Waals surface area contributed by atoms with Crippen molar-refractivity contribution < 1.29 is 4.74 Å². The van der Waals surface area contributed by atoms with Crippen LogP contribution in [0.2, 0.25) is 0 Å². The number of nitrogens with two attached hydrogens (primary N) is 1. The van der Waals surface area contributed by atoms with Crippen LogP contribution < -0.4 is 20.3 Å². The quantitative estimate of drug-likeness (QED) is 0.554. The molecule has 0 bridgehead atoms. The second-order valence-electron chi connectivity index (χ2n) is 7.10. The first-order valence-corrected chi connectivity index (χ1v) is 9.80. The molecule has 0 radical (unpaired) electrons. The van der Waals surface area contributed by atoms with Gasteiger partial charge in [-0.2, -0.15) is 4.68 Å². The molecule has 2 aromatic carbocycles. The van der Waals surface area contributed by atoms with Crippen molar-refractivity contribution in [1.82, 2.24) is 25.0 Å². The van der Waals surface area contributed by atoms with Gasteiger partial charge in [0, 0.05) is 31.9 Å². The smallest absolute Gasteiger partial charge is 0.184 e. The number of benzene rings is 2. The van der Waals surface area contributed by atoms with Crippen LogP contribution in [0.3, 0.4) is 0 Å². The number of fused-ring (bicyclic) bond motifs is 1. The summed E-state index contributed by atoms with van der Waals surface area (Å²) in [5.41, 5.74) is 9.83. The number of ether oxygens (including phenoxy) is 1. The molecule has 1 fully saturated rings. The number of rotatable bonds is 4. The average molecular weight is 402 g/mol. The fraction of sp³-hybridized carbons (Fsp3) is 0.238. The SMILES string of the molecule is COc1ccc(N2CCN(c3ncnc(-n4nnc5ccccc54)c3N)CC2)cc1. The third kappa shape index (κ3) is 3.14. The first kappa shape index (κ1) is 18.2. The Bertz CT molecular complexity index is 1170. The molecule has 3 heterocycles. The molecule has 0 unspecified atom stereocenters. The maximum absolute atomic E-state index is 6.49. The van der Waals surface area contributed by atoms with Crippen molar-refractivity contribution in [3.05, 3.63) is 54.9 Å². The second kappa shape index (κ2) is 7.51. The molecule has 9 heteroatoms. The number of methoxy groups -OCH3 is 1. The summed E-state index contributed by atoms with van der Waals surface area (Å²) in [6, 6.07) is 15.9. The first-order chi connectivity index (χ1) is 14.7. The van der Waals surface area contributed by atoms with Crippen LogP contribution in [0.4, 0.5) is 17.2 Å². The Hall–Kier alpha value is -3.88. The first-order valence-electron chi connectivity index (χ1n) is 9.80. The Morgan fingerprint density at radius 3 is 2.33 bits per heavy atom. The molecule has 2 aromatic heterocycles. The molecule has 0 saturated carbocycles. The van der Waals surface area contributed by atoms with Gasteiger partial charge in [0.2, 0.25) is 0 Å². The maximum Gasteiger partial charge on any atom is 0.184 e. The summed E-state index contributed by atoms with van der Waals surface area (Å²) >= 11 is 0. The summed E-state index contributed by atoms with van der Waals surface area (Å²) in [6.45, 7) is 3.37. The molecule has 30 heavy (non-hydrogen) atoms. The van der Waals surface area contributed by atoms with E-state index in [2.05, 4.69) is 42.2 Å². The van der Waals surface area contributed by atoms with Crippen molar-refractivity contribution in [3.63, 3.8) is 0 Å². The number of nitrogen functional groups attached to an aromatic ring is 1. The molecule has 1 saturated heterocycles. The van der Waals surface area contributed by atoms with E-state index in [0.717, 1.165) is 48.8 Å². The minimum absolute atomic E-state index is 0.506. The summed E-state index contributed by atoms with van der Waals surface area (Å²) in [5.74, 6) is 2.14. The molecule has 9 nitrogen and oxygen atoms in total. The largest absolute Gasteiger partial charge is 0.497 e. The zero-order valence-corrected chi connectivity index (χ0v) is 16.6. The summed E-state index contributed by atoms with van der Waals surface area (Å²) in [5, 5.41) is 8.44. The molecule has 1 aliphatic rings. The molecular formula is C21H22N8O. The van der Waals surface area contributed by atoms with Crippen LogP contribution in [-0.4, -0.2) is 58.3 Å². The number of piperazine rings is 1. The zero-order chi connectivity index (χ0) is 20.5. The number of aromatic nitrogens is 5. The maximum atomic E-state index is 6.49. The molecule has 4 aromatic rings. The summed E-state index contributed by atoms with van der Waals surface area (Å²) in [4.78, 5) is 13.4. The van der Waals surface area contributed by atoms with Gasteiger partial charge in [0.15, 0.2) is 11.6 Å². The highest BCUT2D eigenvalue weighted by atomic mass is 16.5. The fourth-order valence-corrected chi connectivity index (χ4v) is 3.79. The highest BCUT2D eigenvalue weighted by molar-refractivity contribution is 5.79. The van der Waals surface area contributed by atoms with E-state index in [1.807, 2.05) is 36.4 Å². The van der Waals surface area contributed by atoms with Crippen LogP contribution >= 0.6 is 0 Å². The van der Waals surface area contributed by atoms with Gasteiger partial charge in [-0.1, -0.05) is 17.3 Å². The predicted octanol–water partition coefficient (Wildman–Crippen LogP) is 2.13. The van der Waals surface area contributed by atoms with Crippen LogP contribution in [0.5, 0.6) is 5.75 Å². The van der Waals surface area contributed by atoms with E-state index in [1.54, 1.807) is 11.8 Å². The molecule has 0 atom stereocenters. The van der Waals surface area contributed by atoms with Crippen LogP contribution in [0.25, 0.3) is 16.9 Å². The van der Waals surface area contributed by atoms with Gasteiger partial charge in [-0.25, -0.2) is 9.97 Å². The van der Waals surface area contributed by atoms with Crippen molar-refractivity contribution in [2.45, 2.75) is 0 Å². The number of para-hydroxylation sites is 1. The van der Waals surface area contributed by atoms with E-state index < -0.39 is 0 Å². The van der Waals surface area contributed by atoms with Crippen molar-refractivity contribution in [2.24, 2.45) is 0 Å². The summed E-state index contributed by atoms with van der Waals surface area (Å²) < 4.78 is 6.92. The minimum Gasteiger partial charge on any atom is -0.497 e. The topological polar surface area (TPSA) is 98.2 Å². The normalized spacial score (nSPS) is 14.3. The van der Waals surface area contributed by atoms with E-state index in [-0.39, 0.29) is 0 Å². The zero-order valence-electron chi connectivity index (χ0n) is 16.6.